The highest BCUT2D eigenvalue weighted by Gasteiger charge is 2.35. The van der Waals surface area contributed by atoms with E-state index in [2.05, 4.69) is 10.5 Å². The molecular formula is C19H25FN4O6. The molecule has 1 atom stereocenters. The molecule has 0 aliphatic carbocycles. The van der Waals surface area contributed by atoms with E-state index in [1.165, 1.54) is 23.0 Å². The van der Waals surface area contributed by atoms with Gasteiger partial charge in [-0.25, -0.2) is 14.0 Å². The minimum absolute atomic E-state index is 0.0701. The molecule has 11 heteroatoms. The van der Waals surface area contributed by atoms with Crippen LogP contribution in [0, 0.1) is 5.82 Å². The summed E-state index contributed by atoms with van der Waals surface area (Å²) in [6.07, 6.45) is -1.86. The van der Waals surface area contributed by atoms with Crippen molar-refractivity contribution >= 4 is 29.4 Å². The number of oxime groups is 1. The molecule has 164 valence electrons. The molecule has 10 nitrogen and oxygen atoms in total. The summed E-state index contributed by atoms with van der Waals surface area (Å²) in [5, 5.41) is 6.37. The number of ether oxygens (including phenoxy) is 3. The van der Waals surface area contributed by atoms with Gasteiger partial charge in [-0.15, -0.1) is 0 Å². The summed E-state index contributed by atoms with van der Waals surface area (Å²) < 4.78 is 30.8. The summed E-state index contributed by atoms with van der Waals surface area (Å²) in [4.78, 5) is 31.6. The SMILES string of the molecule is CON=C1COc2cc(N3C[C@H](CNC(=O)OC(C)(C)C)OC3=O)cc(F)c2N1C. The molecular weight excluding hydrogens is 399 g/mol. The van der Waals surface area contributed by atoms with Gasteiger partial charge >= 0.3 is 12.2 Å². The third-order valence-electron chi connectivity index (χ3n) is 4.35. The van der Waals surface area contributed by atoms with Gasteiger partial charge in [-0.3, -0.25) is 4.90 Å². The Hall–Kier alpha value is -3.24. The number of cyclic esters (lactones) is 1. The number of nitrogens with one attached hydrogen (secondary N) is 1. The Bertz CT molecular complexity index is 869. The van der Waals surface area contributed by atoms with E-state index in [0.717, 1.165) is 0 Å². The summed E-state index contributed by atoms with van der Waals surface area (Å²) in [6.45, 7) is 5.54. The van der Waals surface area contributed by atoms with Crippen LogP contribution in [0.2, 0.25) is 0 Å². The molecule has 2 aliphatic rings. The summed E-state index contributed by atoms with van der Waals surface area (Å²) in [7, 11) is 3.04. The first-order valence-electron chi connectivity index (χ1n) is 9.34. The van der Waals surface area contributed by atoms with Crippen molar-refractivity contribution in [1.82, 2.24) is 5.32 Å². The van der Waals surface area contributed by atoms with E-state index >= 15 is 0 Å². The maximum Gasteiger partial charge on any atom is 0.414 e. The van der Waals surface area contributed by atoms with Gasteiger partial charge in [-0.05, 0) is 20.8 Å². The molecule has 3 rings (SSSR count). The number of hydrogen-bond acceptors (Lipinski definition) is 7. The average molecular weight is 424 g/mol. The number of nitrogens with zero attached hydrogens (tertiary/aromatic N) is 3. The molecule has 1 aromatic rings. The number of amidine groups is 1. The highest BCUT2D eigenvalue weighted by molar-refractivity contribution is 6.02. The number of rotatable bonds is 4. The van der Waals surface area contributed by atoms with E-state index < -0.39 is 29.7 Å². The van der Waals surface area contributed by atoms with Crippen molar-refractivity contribution in [3.63, 3.8) is 0 Å². The van der Waals surface area contributed by atoms with Crippen molar-refractivity contribution in [2.75, 3.05) is 43.7 Å². The van der Waals surface area contributed by atoms with Crippen LogP contribution in [0.4, 0.5) is 25.4 Å². The molecule has 2 heterocycles. The zero-order valence-electron chi connectivity index (χ0n) is 17.5. The second-order valence-corrected chi connectivity index (χ2v) is 7.81. The fourth-order valence-electron chi connectivity index (χ4n) is 3.06. The zero-order valence-corrected chi connectivity index (χ0v) is 17.5. The highest BCUT2D eigenvalue weighted by atomic mass is 19.1. The predicted octanol–water partition coefficient (Wildman–Crippen LogP) is 2.46. The van der Waals surface area contributed by atoms with Crippen LogP contribution in [0.3, 0.4) is 0 Å². The van der Waals surface area contributed by atoms with Gasteiger partial charge in [0.25, 0.3) is 0 Å². The lowest BCUT2D eigenvalue weighted by Crippen LogP contribution is -2.38. The molecule has 30 heavy (non-hydrogen) atoms. The van der Waals surface area contributed by atoms with Gasteiger partial charge in [0.1, 0.15) is 36.9 Å². The van der Waals surface area contributed by atoms with E-state index in [1.54, 1.807) is 33.9 Å². The van der Waals surface area contributed by atoms with Gasteiger partial charge in [-0.2, -0.15) is 0 Å². The number of carbonyl (C=O) groups is 2. The normalized spacial score (nSPS) is 19.9. The van der Waals surface area contributed by atoms with E-state index in [1.807, 2.05) is 0 Å². The summed E-state index contributed by atoms with van der Waals surface area (Å²) in [5.74, 6) is 0.0906. The Balaban J connectivity index is 1.70. The molecule has 0 unspecified atom stereocenters. The third kappa shape index (κ3) is 4.66. The predicted molar refractivity (Wildman–Crippen MR) is 107 cm³/mol. The standard InChI is InChI=1S/C19H25FN4O6/c1-19(2,3)30-17(25)21-8-12-9-24(18(26)29-12)11-6-13(20)16-14(7-11)28-10-15(22-27-5)23(16)4/h6-7,12H,8-10H2,1-5H3,(H,21,25)/t12-/m0/s1. The van der Waals surface area contributed by atoms with Gasteiger partial charge in [-0.1, -0.05) is 5.16 Å². The van der Waals surface area contributed by atoms with Crippen LogP contribution in [0.5, 0.6) is 5.75 Å². The molecule has 1 fully saturated rings. The number of alkyl carbamates (subject to hydrolysis) is 1. The van der Waals surface area contributed by atoms with Crippen LogP contribution < -0.4 is 19.9 Å². The molecule has 0 aromatic heterocycles. The summed E-state index contributed by atoms with van der Waals surface area (Å²) in [5.41, 5.74) is -0.155. The van der Waals surface area contributed by atoms with Crippen LogP contribution >= 0.6 is 0 Å². The lowest BCUT2D eigenvalue weighted by Gasteiger charge is -2.29. The quantitative estimate of drug-likeness (QED) is 0.741. The second kappa shape index (κ2) is 8.25. The number of likely N-dealkylation sites (N-methyl/N-ethyl adjacent to an activating group) is 1. The van der Waals surface area contributed by atoms with Crippen molar-refractivity contribution in [3.05, 3.63) is 17.9 Å². The third-order valence-corrected chi connectivity index (χ3v) is 4.35. The number of halogens is 1. The first kappa shape index (κ1) is 21.5. The number of carbonyl (C=O) groups excluding carboxylic acids is 2. The molecule has 0 radical (unpaired) electrons. The number of benzene rings is 1. The second-order valence-electron chi connectivity index (χ2n) is 7.81. The van der Waals surface area contributed by atoms with E-state index in [0.29, 0.717) is 5.84 Å². The minimum atomic E-state index is -0.642. The lowest BCUT2D eigenvalue weighted by molar-refractivity contribution is 0.0496. The summed E-state index contributed by atoms with van der Waals surface area (Å²) in [6, 6.07) is 2.78. The van der Waals surface area contributed by atoms with E-state index in [4.69, 9.17) is 19.0 Å². The highest BCUT2D eigenvalue weighted by Crippen LogP contribution is 2.38. The Kier molecular flexibility index (Phi) is 5.90. The minimum Gasteiger partial charge on any atom is -0.483 e. The maximum absolute atomic E-state index is 14.8. The Labute approximate surface area is 173 Å². The van der Waals surface area contributed by atoms with Crippen LogP contribution in [0.15, 0.2) is 17.3 Å². The molecule has 1 N–H and O–H groups in total. The van der Waals surface area contributed by atoms with Crippen LogP contribution in [-0.2, 0) is 14.3 Å². The van der Waals surface area contributed by atoms with Crippen LogP contribution in [0.25, 0.3) is 0 Å². The first-order chi connectivity index (χ1) is 14.1. The molecule has 0 saturated carbocycles. The molecule has 0 bridgehead atoms. The van der Waals surface area contributed by atoms with Gasteiger partial charge in [0.05, 0.1) is 18.8 Å². The zero-order chi connectivity index (χ0) is 22.1. The lowest BCUT2D eigenvalue weighted by atomic mass is 10.2. The van der Waals surface area contributed by atoms with E-state index in [9.17, 15) is 14.0 Å². The average Bonchev–Trinajstić information content (AvgIpc) is 3.01. The van der Waals surface area contributed by atoms with Gasteiger partial charge < -0.3 is 29.3 Å². The van der Waals surface area contributed by atoms with Crippen molar-refractivity contribution in [2.24, 2.45) is 5.16 Å². The van der Waals surface area contributed by atoms with E-state index in [-0.39, 0.29) is 36.8 Å². The van der Waals surface area contributed by atoms with Crippen molar-refractivity contribution in [3.8, 4) is 5.75 Å². The van der Waals surface area contributed by atoms with Crippen molar-refractivity contribution in [1.29, 1.82) is 0 Å². The smallest absolute Gasteiger partial charge is 0.414 e. The topological polar surface area (TPSA) is 102 Å². The first-order valence-corrected chi connectivity index (χ1v) is 9.34. The Morgan fingerprint density at radius 3 is 2.80 bits per heavy atom. The van der Waals surface area contributed by atoms with Crippen LogP contribution in [0.1, 0.15) is 20.8 Å². The number of hydrogen-bond donors (Lipinski definition) is 1. The fraction of sp³-hybridized carbons (Fsp3) is 0.526. The van der Waals surface area contributed by atoms with Gasteiger partial charge in [0.2, 0.25) is 0 Å². The molecule has 2 aliphatic heterocycles. The summed E-state index contributed by atoms with van der Waals surface area (Å²) >= 11 is 0. The molecule has 1 saturated heterocycles. The number of anilines is 2. The van der Waals surface area contributed by atoms with Gasteiger partial charge in [0.15, 0.2) is 11.7 Å². The van der Waals surface area contributed by atoms with Gasteiger partial charge in [0, 0.05) is 19.2 Å². The maximum atomic E-state index is 14.8. The largest absolute Gasteiger partial charge is 0.483 e. The van der Waals surface area contributed by atoms with Crippen molar-refractivity contribution < 1.29 is 33.0 Å². The van der Waals surface area contributed by atoms with Crippen molar-refractivity contribution in [2.45, 2.75) is 32.5 Å². The van der Waals surface area contributed by atoms with Crippen LogP contribution in [-0.4, -0.2) is 63.6 Å². The number of fused-ring (bicyclic) bond motifs is 1. The Morgan fingerprint density at radius 2 is 2.13 bits per heavy atom. The Morgan fingerprint density at radius 1 is 1.40 bits per heavy atom. The monoisotopic (exact) mass is 424 g/mol. The molecule has 0 spiro atoms. The fourth-order valence-corrected chi connectivity index (χ4v) is 3.06. The number of amides is 2. The molecule has 1 aromatic carbocycles. The molecule has 2 amide bonds.